The standard InChI is InChI=1S/C25H32ClN5O3/c1-2-34-24(32)21-17-27-25(28-18-21)31-11-9-30(10-12-31)23(19-29-13-15-33-16-14-29)8-5-20-3-6-22(26)7-4-20/h3-8,17-18,23H,2,9-16,19H2,1H3. The molecule has 9 heteroatoms. The third-order valence-corrected chi connectivity index (χ3v) is 6.40. The second kappa shape index (κ2) is 12.3. The first-order valence-electron chi connectivity index (χ1n) is 11.8. The van der Waals surface area contributed by atoms with E-state index in [1.807, 2.05) is 24.3 Å². The number of carbonyl (C=O) groups excluding carboxylic acids is 1. The average Bonchev–Trinajstić information content (AvgIpc) is 2.88. The highest BCUT2D eigenvalue weighted by molar-refractivity contribution is 6.30. The van der Waals surface area contributed by atoms with Crippen molar-refractivity contribution < 1.29 is 14.3 Å². The lowest BCUT2D eigenvalue weighted by Gasteiger charge is -2.40. The summed E-state index contributed by atoms with van der Waals surface area (Å²) in [5.74, 6) is 0.256. The monoisotopic (exact) mass is 485 g/mol. The van der Waals surface area contributed by atoms with Gasteiger partial charge in [0.05, 0.1) is 25.4 Å². The molecule has 2 aliphatic rings. The third kappa shape index (κ3) is 6.76. The second-order valence-corrected chi connectivity index (χ2v) is 8.84. The molecule has 0 saturated carbocycles. The van der Waals surface area contributed by atoms with Crippen molar-refractivity contribution >= 4 is 29.6 Å². The first kappa shape index (κ1) is 24.6. The molecule has 2 fully saturated rings. The third-order valence-electron chi connectivity index (χ3n) is 6.15. The summed E-state index contributed by atoms with van der Waals surface area (Å²) in [7, 11) is 0. The highest BCUT2D eigenvalue weighted by atomic mass is 35.5. The van der Waals surface area contributed by atoms with Crippen LogP contribution < -0.4 is 4.90 Å². The lowest BCUT2D eigenvalue weighted by molar-refractivity contribution is 0.0269. The van der Waals surface area contributed by atoms with Gasteiger partial charge in [-0.15, -0.1) is 0 Å². The molecule has 2 aromatic rings. The number of rotatable bonds is 8. The van der Waals surface area contributed by atoms with Crippen LogP contribution in [0.25, 0.3) is 6.08 Å². The lowest BCUT2D eigenvalue weighted by atomic mass is 10.1. The first-order chi connectivity index (χ1) is 16.6. The van der Waals surface area contributed by atoms with E-state index in [0.717, 1.165) is 69.6 Å². The lowest BCUT2D eigenvalue weighted by Crippen LogP contribution is -2.54. The SMILES string of the molecule is CCOC(=O)c1cnc(N2CCN(C(C=Cc3ccc(Cl)cc3)CN3CCOCC3)CC2)nc1. The Morgan fingerprint density at radius 1 is 1.09 bits per heavy atom. The van der Waals surface area contributed by atoms with Crippen LogP contribution >= 0.6 is 11.6 Å². The average molecular weight is 486 g/mol. The molecule has 3 heterocycles. The van der Waals surface area contributed by atoms with Gasteiger partial charge in [-0.1, -0.05) is 35.9 Å². The number of piperazine rings is 1. The maximum absolute atomic E-state index is 11.8. The highest BCUT2D eigenvalue weighted by Crippen LogP contribution is 2.17. The van der Waals surface area contributed by atoms with Crippen molar-refractivity contribution in [2.24, 2.45) is 0 Å². The van der Waals surface area contributed by atoms with Crippen molar-refractivity contribution in [1.82, 2.24) is 19.8 Å². The maximum Gasteiger partial charge on any atom is 0.341 e. The van der Waals surface area contributed by atoms with E-state index >= 15 is 0 Å². The van der Waals surface area contributed by atoms with Gasteiger partial charge < -0.3 is 14.4 Å². The molecule has 1 aromatic heterocycles. The van der Waals surface area contributed by atoms with Crippen LogP contribution in [0, 0.1) is 0 Å². The highest BCUT2D eigenvalue weighted by Gasteiger charge is 2.26. The fraction of sp³-hybridized carbons (Fsp3) is 0.480. The summed E-state index contributed by atoms with van der Waals surface area (Å²) in [6.45, 7) is 10.1. The molecule has 1 unspecified atom stereocenters. The number of hydrogen-bond donors (Lipinski definition) is 0. The fourth-order valence-electron chi connectivity index (χ4n) is 4.20. The Kier molecular flexibility index (Phi) is 8.87. The van der Waals surface area contributed by atoms with Crippen LogP contribution in [0.2, 0.25) is 5.02 Å². The van der Waals surface area contributed by atoms with E-state index in [1.54, 1.807) is 19.3 Å². The molecule has 8 nitrogen and oxygen atoms in total. The van der Waals surface area contributed by atoms with Crippen LogP contribution in [-0.2, 0) is 9.47 Å². The van der Waals surface area contributed by atoms with E-state index in [9.17, 15) is 4.79 Å². The molecule has 0 spiro atoms. The molecular formula is C25H32ClN5O3. The van der Waals surface area contributed by atoms with Crippen LogP contribution in [0.1, 0.15) is 22.8 Å². The maximum atomic E-state index is 11.8. The number of morpholine rings is 1. The number of anilines is 1. The quantitative estimate of drug-likeness (QED) is 0.529. The van der Waals surface area contributed by atoms with Crippen molar-refractivity contribution in [2.75, 3.05) is 70.5 Å². The Balaban J connectivity index is 1.39. The molecule has 0 radical (unpaired) electrons. The van der Waals surface area contributed by atoms with E-state index in [4.69, 9.17) is 21.1 Å². The molecule has 4 rings (SSSR count). The van der Waals surface area contributed by atoms with Crippen molar-refractivity contribution in [3.8, 4) is 0 Å². The zero-order valence-electron chi connectivity index (χ0n) is 19.6. The number of esters is 1. The Morgan fingerprint density at radius 3 is 2.41 bits per heavy atom. The minimum Gasteiger partial charge on any atom is -0.462 e. The van der Waals surface area contributed by atoms with Crippen LogP contribution in [-0.4, -0.2) is 97.4 Å². The molecule has 34 heavy (non-hydrogen) atoms. The minimum absolute atomic E-state index is 0.294. The topological polar surface area (TPSA) is 71.0 Å². The molecule has 182 valence electrons. The summed E-state index contributed by atoms with van der Waals surface area (Å²) in [5.41, 5.74) is 1.52. The van der Waals surface area contributed by atoms with Crippen LogP contribution in [0.15, 0.2) is 42.7 Å². The van der Waals surface area contributed by atoms with Gasteiger partial charge in [0.2, 0.25) is 5.95 Å². The number of carbonyl (C=O) groups is 1. The summed E-state index contributed by atoms with van der Waals surface area (Å²) < 4.78 is 10.5. The van der Waals surface area contributed by atoms with Gasteiger partial charge in [-0.05, 0) is 24.6 Å². The minimum atomic E-state index is -0.391. The van der Waals surface area contributed by atoms with Gasteiger partial charge in [0.25, 0.3) is 0 Å². The van der Waals surface area contributed by atoms with Gasteiger partial charge >= 0.3 is 5.97 Å². The van der Waals surface area contributed by atoms with Gasteiger partial charge in [0, 0.05) is 69.3 Å². The predicted octanol–water partition coefficient (Wildman–Crippen LogP) is 2.84. The number of benzene rings is 1. The van der Waals surface area contributed by atoms with Crippen molar-refractivity contribution in [3.63, 3.8) is 0 Å². The molecule has 0 N–H and O–H groups in total. The Bertz CT molecular complexity index is 940. The van der Waals surface area contributed by atoms with E-state index in [1.165, 1.54) is 0 Å². The first-order valence-corrected chi connectivity index (χ1v) is 12.2. The summed E-state index contributed by atoms with van der Waals surface area (Å²) in [6.07, 6.45) is 7.58. The Labute approximate surface area is 206 Å². The molecular weight excluding hydrogens is 454 g/mol. The largest absolute Gasteiger partial charge is 0.462 e. The summed E-state index contributed by atoms with van der Waals surface area (Å²) in [4.78, 5) is 27.8. The van der Waals surface area contributed by atoms with E-state index < -0.39 is 5.97 Å². The number of ether oxygens (including phenoxy) is 2. The molecule has 1 atom stereocenters. The summed E-state index contributed by atoms with van der Waals surface area (Å²) >= 11 is 6.04. The zero-order valence-corrected chi connectivity index (χ0v) is 20.4. The van der Waals surface area contributed by atoms with Crippen LogP contribution in [0.5, 0.6) is 0 Å². The zero-order chi connectivity index (χ0) is 23.8. The summed E-state index contributed by atoms with van der Waals surface area (Å²) in [6, 6.07) is 8.22. The van der Waals surface area contributed by atoms with E-state index in [-0.39, 0.29) is 0 Å². The number of halogens is 1. The second-order valence-electron chi connectivity index (χ2n) is 8.41. The smallest absolute Gasteiger partial charge is 0.341 e. The van der Waals surface area contributed by atoms with Gasteiger partial charge in [-0.3, -0.25) is 9.80 Å². The fourth-order valence-corrected chi connectivity index (χ4v) is 4.33. The van der Waals surface area contributed by atoms with Crippen molar-refractivity contribution in [1.29, 1.82) is 0 Å². The molecule has 0 aliphatic carbocycles. The molecule has 1 aromatic carbocycles. The summed E-state index contributed by atoms with van der Waals surface area (Å²) in [5, 5.41) is 0.746. The Hall–Kier alpha value is -2.52. The van der Waals surface area contributed by atoms with E-state index in [0.29, 0.717) is 24.2 Å². The van der Waals surface area contributed by atoms with Crippen LogP contribution in [0.4, 0.5) is 5.95 Å². The predicted molar refractivity (Wildman–Crippen MR) is 133 cm³/mol. The van der Waals surface area contributed by atoms with Gasteiger partial charge in [-0.2, -0.15) is 0 Å². The molecule has 0 amide bonds. The normalized spacial score (nSPS) is 18.8. The van der Waals surface area contributed by atoms with Gasteiger partial charge in [0.15, 0.2) is 0 Å². The van der Waals surface area contributed by atoms with Gasteiger partial charge in [0.1, 0.15) is 0 Å². The number of aromatic nitrogens is 2. The van der Waals surface area contributed by atoms with Gasteiger partial charge in [-0.25, -0.2) is 14.8 Å². The molecule has 0 bridgehead atoms. The number of nitrogens with zero attached hydrogens (tertiary/aromatic N) is 5. The Morgan fingerprint density at radius 2 is 1.76 bits per heavy atom. The molecule has 2 aliphatic heterocycles. The van der Waals surface area contributed by atoms with Crippen molar-refractivity contribution in [2.45, 2.75) is 13.0 Å². The molecule has 2 saturated heterocycles. The number of hydrogen-bond acceptors (Lipinski definition) is 8. The van der Waals surface area contributed by atoms with E-state index in [2.05, 4.69) is 36.8 Å². The van der Waals surface area contributed by atoms with Crippen molar-refractivity contribution in [3.05, 3.63) is 58.9 Å². The van der Waals surface area contributed by atoms with Crippen LogP contribution in [0.3, 0.4) is 0 Å².